The van der Waals surface area contributed by atoms with Gasteiger partial charge in [-0.05, 0) is 12.1 Å². The van der Waals surface area contributed by atoms with Gasteiger partial charge in [0, 0.05) is 18.3 Å². The highest BCUT2D eigenvalue weighted by Gasteiger charge is 2.17. The molecule has 0 aromatic carbocycles. The van der Waals surface area contributed by atoms with Crippen LogP contribution in [0.3, 0.4) is 0 Å². The van der Waals surface area contributed by atoms with Crippen molar-refractivity contribution in [2.45, 2.75) is 19.0 Å². The molecule has 1 N–H and O–H groups in total. The Bertz CT molecular complexity index is 228. The lowest BCUT2D eigenvalue weighted by Crippen LogP contribution is -2.20. The van der Waals surface area contributed by atoms with E-state index in [1.165, 1.54) is 6.20 Å². The van der Waals surface area contributed by atoms with E-state index in [4.69, 9.17) is 5.11 Å². The third-order valence-corrected chi connectivity index (χ3v) is 1.44. The molecule has 66 valence electrons. The van der Waals surface area contributed by atoms with Gasteiger partial charge in [0.1, 0.15) is 6.10 Å². The van der Waals surface area contributed by atoms with Crippen LogP contribution in [0.1, 0.15) is 5.69 Å². The van der Waals surface area contributed by atoms with Crippen LogP contribution in [0.2, 0.25) is 0 Å². The molecule has 4 heteroatoms. The Labute approximate surface area is 68.9 Å². The summed E-state index contributed by atoms with van der Waals surface area (Å²) in [6, 6.07) is 4.99. The molecule has 0 saturated heterocycles. The number of rotatable bonds is 3. The molecular weight excluding hydrogens is 164 g/mol. The Hall–Kier alpha value is -1.03. The van der Waals surface area contributed by atoms with Crippen molar-refractivity contribution in [2.24, 2.45) is 0 Å². The zero-order valence-electron chi connectivity index (χ0n) is 6.32. The van der Waals surface area contributed by atoms with Gasteiger partial charge in [-0.25, -0.2) is 8.78 Å². The number of aliphatic hydroxyl groups excluding tert-OH is 1. The fraction of sp³-hybridized carbons (Fsp3) is 0.375. The molecule has 1 unspecified atom stereocenters. The van der Waals surface area contributed by atoms with E-state index in [9.17, 15) is 8.78 Å². The number of hydrogen-bond acceptors (Lipinski definition) is 2. The molecule has 0 aliphatic rings. The third kappa shape index (κ3) is 2.54. The number of alkyl halides is 2. The minimum atomic E-state index is -2.70. The highest BCUT2D eigenvalue weighted by atomic mass is 19.3. The van der Waals surface area contributed by atoms with Gasteiger partial charge in [-0.3, -0.25) is 4.98 Å². The van der Waals surface area contributed by atoms with Gasteiger partial charge in [-0.1, -0.05) is 6.07 Å². The van der Waals surface area contributed by atoms with Crippen LogP contribution in [0.5, 0.6) is 0 Å². The van der Waals surface area contributed by atoms with Crippen molar-refractivity contribution in [3.8, 4) is 0 Å². The molecule has 2 nitrogen and oxygen atoms in total. The topological polar surface area (TPSA) is 33.1 Å². The molecule has 0 radical (unpaired) electrons. The molecule has 0 fully saturated rings. The number of pyridine rings is 1. The van der Waals surface area contributed by atoms with E-state index in [0.29, 0.717) is 5.69 Å². The van der Waals surface area contributed by atoms with Crippen LogP contribution >= 0.6 is 0 Å². The zero-order chi connectivity index (χ0) is 8.97. The first-order chi connectivity index (χ1) is 5.70. The molecule has 1 aromatic heterocycles. The van der Waals surface area contributed by atoms with Gasteiger partial charge in [-0.2, -0.15) is 0 Å². The SMILES string of the molecule is OC(Cc1ccccn1)C(F)F. The molecule has 0 aliphatic carbocycles. The maximum atomic E-state index is 11.8. The molecule has 1 heterocycles. The average Bonchev–Trinajstić information content (AvgIpc) is 2.06. The maximum Gasteiger partial charge on any atom is 0.264 e. The van der Waals surface area contributed by atoms with Gasteiger partial charge in [0.15, 0.2) is 0 Å². The van der Waals surface area contributed by atoms with Crippen molar-refractivity contribution in [3.05, 3.63) is 30.1 Å². The summed E-state index contributed by atoms with van der Waals surface area (Å²) in [6.45, 7) is 0. The van der Waals surface area contributed by atoms with Crippen LogP contribution in [0.15, 0.2) is 24.4 Å². The van der Waals surface area contributed by atoms with E-state index in [1.807, 2.05) is 0 Å². The lowest BCUT2D eigenvalue weighted by molar-refractivity contribution is -0.00416. The van der Waals surface area contributed by atoms with Gasteiger partial charge in [0.2, 0.25) is 0 Å². The lowest BCUT2D eigenvalue weighted by Gasteiger charge is -2.07. The van der Waals surface area contributed by atoms with E-state index in [0.717, 1.165) is 0 Å². The van der Waals surface area contributed by atoms with Gasteiger partial charge >= 0.3 is 0 Å². The van der Waals surface area contributed by atoms with Gasteiger partial charge in [-0.15, -0.1) is 0 Å². The first-order valence-corrected chi connectivity index (χ1v) is 3.56. The van der Waals surface area contributed by atoms with Crippen molar-refractivity contribution in [3.63, 3.8) is 0 Å². The summed E-state index contributed by atoms with van der Waals surface area (Å²) in [5, 5.41) is 8.79. The Balaban J connectivity index is 2.53. The van der Waals surface area contributed by atoms with Crippen LogP contribution in [-0.4, -0.2) is 22.6 Å². The van der Waals surface area contributed by atoms with Gasteiger partial charge in [0.25, 0.3) is 6.43 Å². The Morgan fingerprint density at radius 1 is 1.42 bits per heavy atom. The minimum absolute atomic E-state index is 0.0987. The highest BCUT2D eigenvalue weighted by Crippen LogP contribution is 2.06. The van der Waals surface area contributed by atoms with Crippen molar-refractivity contribution in [1.82, 2.24) is 4.98 Å². The zero-order valence-corrected chi connectivity index (χ0v) is 6.32. The summed E-state index contributed by atoms with van der Waals surface area (Å²) in [6.07, 6.45) is -2.90. The number of halogens is 2. The molecular formula is C8H9F2NO. The predicted octanol–water partition coefficient (Wildman–Crippen LogP) is 1.25. The molecule has 0 aliphatic heterocycles. The number of nitrogens with zero attached hydrogens (tertiary/aromatic N) is 1. The minimum Gasteiger partial charge on any atom is -0.387 e. The Morgan fingerprint density at radius 3 is 2.67 bits per heavy atom. The normalized spacial score (nSPS) is 13.3. The average molecular weight is 173 g/mol. The first-order valence-electron chi connectivity index (χ1n) is 3.56. The molecule has 0 spiro atoms. The Morgan fingerprint density at radius 2 is 2.17 bits per heavy atom. The fourth-order valence-electron chi connectivity index (χ4n) is 0.822. The van der Waals surface area contributed by atoms with Crippen LogP contribution < -0.4 is 0 Å². The third-order valence-electron chi connectivity index (χ3n) is 1.44. The second-order valence-electron chi connectivity index (χ2n) is 2.43. The smallest absolute Gasteiger partial charge is 0.264 e. The number of hydrogen-bond donors (Lipinski definition) is 1. The molecule has 1 rings (SSSR count). The van der Waals surface area contributed by atoms with Gasteiger partial charge < -0.3 is 5.11 Å². The van der Waals surface area contributed by atoms with E-state index in [1.54, 1.807) is 18.2 Å². The molecule has 1 aromatic rings. The van der Waals surface area contributed by atoms with Crippen molar-refractivity contribution in [1.29, 1.82) is 0 Å². The van der Waals surface area contributed by atoms with Crippen LogP contribution in [0, 0.1) is 0 Å². The monoisotopic (exact) mass is 173 g/mol. The van der Waals surface area contributed by atoms with E-state index >= 15 is 0 Å². The van der Waals surface area contributed by atoms with Crippen LogP contribution in [0.4, 0.5) is 8.78 Å². The lowest BCUT2D eigenvalue weighted by atomic mass is 10.2. The summed E-state index contributed by atoms with van der Waals surface area (Å²) in [5.74, 6) is 0. The fourth-order valence-corrected chi connectivity index (χ4v) is 0.822. The summed E-state index contributed by atoms with van der Waals surface area (Å²) in [4.78, 5) is 3.81. The number of aliphatic hydroxyl groups is 1. The summed E-state index contributed by atoms with van der Waals surface area (Å²) < 4.78 is 23.7. The quantitative estimate of drug-likeness (QED) is 0.746. The standard InChI is InChI=1S/C8H9F2NO/c9-8(10)7(12)5-6-3-1-2-4-11-6/h1-4,7-8,12H,5H2. The second kappa shape index (κ2) is 4.11. The molecule has 0 amide bonds. The molecule has 0 bridgehead atoms. The van der Waals surface area contributed by atoms with Crippen molar-refractivity contribution < 1.29 is 13.9 Å². The van der Waals surface area contributed by atoms with Crippen LogP contribution in [-0.2, 0) is 6.42 Å². The maximum absolute atomic E-state index is 11.8. The first kappa shape index (κ1) is 9.06. The van der Waals surface area contributed by atoms with E-state index in [-0.39, 0.29) is 6.42 Å². The van der Waals surface area contributed by atoms with E-state index in [2.05, 4.69) is 4.98 Å². The Kier molecular flexibility index (Phi) is 3.10. The number of aromatic nitrogens is 1. The largest absolute Gasteiger partial charge is 0.387 e. The summed E-state index contributed by atoms with van der Waals surface area (Å²) >= 11 is 0. The molecule has 0 saturated carbocycles. The predicted molar refractivity (Wildman–Crippen MR) is 40.0 cm³/mol. The molecule has 1 atom stereocenters. The van der Waals surface area contributed by atoms with Crippen molar-refractivity contribution >= 4 is 0 Å². The van der Waals surface area contributed by atoms with Crippen LogP contribution in [0.25, 0.3) is 0 Å². The summed E-state index contributed by atoms with van der Waals surface area (Å²) in [5.41, 5.74) is 0.477. The summed E-state index contributed by atoms with van der Waals surface area (Å²) in [7, 11) is 0. The molecule has 12 heavy (non-hydrogen) atoms. The second-order valence-corrected chi connectivity index (χ2v) is 2.43. The highest BCUT2D eigenvalue weighted by molar-refractivity contribution is 5.04. The van der Waals surface area contributed by atoms with Crippen molar-refractivity contribution in [2.75, 3.05) is 0 Å². The van der Waals surface area contributed by atoms with E-state index < -0.39 is 12.5 Å². The van der Waals surface area contributed by atoms with Gasteiger partial charge in [0.05, 0.1) is 0 Å².